The van der Waals surface area contributed by atoms with Gasteiger partial charge in [0.2, 0.25) is 0 Å². The molecule has 0 aromatic carbocycles. The van der Waals surface area contributed by atoms with Crippen molar-refractivity contribution in [2.24, 2.45) is 0 Å². The van der Waals surface area contributed by atoms with Crippen LogP contribution in [0.4, 0.5) is 11.6 Å². The summed E-state index contributed by atoms with van der Waals surface area (Å²) in [5.74, 6) is -2.78. The van der Waals surface area contributed by atoms with Gasteiger partial charge in [-0.1, -0.05) is 11.6 Å². The number of hydrogen-bond acceptors (Lipinski definition) is 7. The van der Waals surface area contributed by atoms with Crippen molar-refractivity contribution < 1.29 is 19.8 Å². The largest absolute Gasteiger partial charge is 0.480 e. The molecule has 1 heterocycles. The van der Waals surface area contributed by atoms with Crippen molar-refractivity contribution >= 4 is 35.1 Å². The number of carboxylic acid groups (broad SMARTS) is 1. The van der Waals surface area contributed by atoms with Gasteiger partial charge < -0.3 is 27.0 Å². The Morgan fingerprint density at radius 1 is 1.33 bits per heavy atom. The lowest BCUT2D eigenvalue weighted by Gasteiger charge is -2.12. The number of carboxylic acids is 1. The number of nitrogens with two attached hydrogens (primary N) is 2. The smallest absolute Gasteiger partial charge is 0.328 e. The zero-order valence-electron chi connectivity index (χ0n) is 8.92. The molecule has 0 unspecified atom stereocenters. The summed E-state index contributed by atoms with van der Waals surface area (Å²) < 4.78 is 0. The summed E-state index contributed by atoms with van der Waals surface area (Å²) >= 11 is 5.56. The Morgan fingerprint density at radius 3 is 2.44 bits per heavy atom. The lowest BCUT2D eigenvalue weighted by atomic mass is 10.3. The molecule has 7 N–H and O–H groups in total. The molecule has 1 aromatic rings. The lowest BCUT2D eigenvalue weighted by Crippen LogP contribution is -2.43. The van der Waals surface area contributed by atoms with Gasteiger partial charge in [0, 0.05) is 0 Å². The minimum atomic E-state index is -1.48. The summed E-state index contributed by atoms with van der Waals surface area (Å²) in [5, 5.41) is 19.2. The van der Waals surface area contributed by atoms with Crippen LogP contribution in [0.2, 0.25) is 5.15 Å². The highest BCUT2D eigenvalue weighted by molar-refractivity contribution is 6.31. The molecule has 1 rings (SSSR count). The number of nitrogens with zero attached hydrogens (tertiary/aromatic N) is 2. The second kappa shape index (κ2) is 5.47. The monoisotopic (exact) mass is 275 g/mol. The van der Waals surface area contributed by atoms with Gasteiger partial charge in [-0.05, 0) is 0 Å². The molecule has 1 amide bonds. The van der Waals surface area contributed by atoms with Gasteiger partial charge in [-0.2, -0.15) is 0 Å². The molecule has 0 radical (unpaired) electrons. The summed E-state index contributed by atoms with van der Waals surface area (Å²) in [6.07, 6.45) is 0. The molecule has 0 fully saturated rings. The number of aliphatic carboxylic acids is 1. The Morgan fingerprint density at radius 2 is 1.94 bits per heavy atom. The van der Waals surface area contributed by atoms with Crippen molar-refractivity contribution in [2.75, 3.05) is 18.1 Å². The first-order valence-corrected chi connectivity index (χ1v) is 4.97. The molecule has 0 aliphatic carbocycles. The fourth-order valence-corrected chi connectivity index (χ4v) is 1.15. The highest BCUT2D eigenvalue weighted by Gasteiger charge is 2.23. The van der Waals surface area contributed by atoms with Gasteiger partial charge in [0.15, 0.2) is 28.5 Å². The van der Waals surface area contributed by atoms with Crippen LogP contribution >= 0.6 is 11.6 Å². The van der Waals surface area contributed by atoms with Crippen LogP contribution in [0.15, 0.2) is 0 Å². The zero-order valence-corrected chi connectivity index (χ0v) is 9.68. The van der Waals surface area contributed by atoms with Crippen molar-refractivity contribution in [1.82, 2.24) is 15.3 Å². The van der Waals surface area contributed by atoms with Crippen LogP contribution in [0.1, 0.15) is 10.5 Å². The third-order valence-electron chi connectivity index (χ3n) is 1.91. The van der Waals surface area contributed by atoms with Gasteiger partial charge in [0.25, 0.3) is 5.91 Å². The van der Waals surface area contributed by atoms with Gasteiger partial charge in [-0.25, -0.2) is 14.8 Å². The standard InChI is InChI=1S/C8H10ClN5O4/c9-4-6(11)14-5(10)3(13-4)7(16)12-2(1-15)8(17)18/h2,15H,1H2,(H,12,16)(H,17,18)(H4,10,11,14)/t2-/m0/s1. The first-order chi connectivity index (χ1) is 8.36. The van der Waals surface area contributed by atoms with E-state index in [0.717, 1.165) is 0 Å². The molecule has 0 aliphatic rings. The molecule has 9 nitrogen and oxygen atoms in total. The van der Waals surface area contributed by atoms with E-state index in [1.54, 1.807) is 0 Å². The number of nitrogens with one attached hydrogen (secondary N) is 1. The number of carbonyl (C=O) groups excluding carboxylic acids is 1. The average molecular weight is 276 g/mol. The van der Waals surface area contributed by atoms with Crippen LogP contribution in [0, 0.1) is 0 Å². The van der Waals surface area contributed by atoms with Crippen LogP contribution < -0.4 is 16.8 Å². The van der Waals surface area contributed by atoms with E-state index in [2.05, 4.69) is 9.97 Å². The van der Waals surface area contributed by atoms with Crippen molar-refractivity contribution in [3.63, 3.8) is 0 Å². The quantitative estimate of drug-likeness (QED) is 0.441. The van der Waals surface area contributed by atoms with Crippen LogP contribution in [-0.2, 0) is 4.79 Å². The van der Waals surface area contributed by atoms with E-state index in [4.69, 9.17) is 33.3 Å². The van der Waals surface area contributed by atoms with E-state index in [9.17, 15) is 9.59 Å². The Kier molecular flexibility index (Phi) is 4.23. The molecular formula is C8H10ClN5O4. The predicted octanol–water partition coefficient (Wildman–Crippen LogP) is -1.53. The fourth-order valence-electron chi connectivity index (χ4n) is 1.02. The van der Waals surface area contributed by atoms with Gasteiger partial charge in [-0.3, -0.25) is 4.79 Å². The van der Waals surface area contributed by atoms with Crippen molar-refractivity contribution in [3.8, 4) is 0 Å². The summed E-state index contributed by atoms with van der Waals surface area (Å²) in [7, 11) is 0. The second-order valence-electron chi connectivity index (χ2n) is 3.18. The number of rotatable bonds is 4. The Bertz CT molecular complexity index is 495. The van der Waals surface area contributed by atoms with Crippen LogP contribution in [-0.4, -0.2) is 44.7 Å². The van der Waals surface area contributed by atoms with E-state index in [1.165, 1.54) is 0 Å². The van der Waals surface area contributed by atoms with E-state index in [1.807, 2.05) is 5.32 Å². The van der Waals surface area contributed by atoms with Crippen LogP contribution in [0.5, 0.6) is 0 Å². The molecule has 10 heteroatoms. The number of carbonyl (C=O) groups is 2. The topological polar surface area (TPSA) is 164 Å². The molecule has 0 spiro atoms. The second-order valence-corrected chi connectivity index (χ2v) is 3.54. The Labute approximate surface area is 106 Å². The highest BCUT2D eigenvalue weighted by atomic mass is 35.5. The Balaban J connectivity index is 2.97. The van der Waals surface area contributed by atoms with E-state index in [0.29, 0.717) is 0 Å². The maximum atomic E-state index is 11.6. The number of halogens is 1. The van der Waals surface area contributed by atoms with Gasteiger partial charge in [0.1, 0.15) is 0 Å². The molecular weight excluding hydrogens is 266 g/mol. The lowest BCUT2D eigenvalue weighted by molar-refractivity contribution is -0.140. The zero-order chi connectivity index (χ0) is 13.9. The molecule has 1 atom stereocenters. The molecule has 98 valence electrons. The average Bonchev–Trinajstić information content (AvgIpc) is 2.29. The first-order valence-electron chi connectivity index (χ1n) is 4.59. The molecule has 0 aliphatic heterocycles. The first kappa shape index (κ1) is 13.9. The predicted molar refractivity (Wildman–Crippen MR) is 61.8 cm³/mol. The molecule has 18 heavy (non-hydrogen) atoms. The molecule has 0 saturated heterocycles. The Hall–Kier alpha value is -2.13. The third kappa shape index (κ3) is 2.96. The maximum absolute atomic E-state index is 11.6. The van der Waals surface area contributed by atoms with E-state index < -0.39 is 24.5 Å². The number of hydrogen-bond donors (Lipinski definition) is 5. The highest BCUT2D eigenvalue weighted by Crippen LogP contribution is 2.17. The van der Waals surface area contributed by atoms with Gasteiger partial charge in [0.05, 0.1) is 6.61 Å². The molecule has 1 aromatic heterocycles. The molecule has 0 bridgehead atoms. The van der Waals surface area contributed by atoms with Gasteiger partial charge in [-0.15, -0.1) is 0 Å². The number of aliphatic hydroxyl groups excluding tert-OH is 1. The summed E-state index contributed by atoms with van der Waals surface area (Å²) in [6, 6.07) is -1.48. The van der Waals surface area contributed by atoms with Crippen LogP contribution in [0.25, 0.3) is 0 Å². The summed E-state index contributed by atoms with van der Waals surface area (Å²) in [5.41, 5.74) is 10.3. The van der Waals surface area contributed by atoms with Gasteiger partial charge >= 0.3 is 5.97 Å². The van der Waals surface area contributed by atoms with Crippen LogP contribution in [0.3, 0.4) is 0 Å². The fraction of sp³-hybridized carbons (Fsp3) is 0.250. The minimum Gasteiger partial charge on any atom is -0.480 e. The third-order valence-corrected chi connectivity index (χ3v) is 2.18. The van der Waals surface area contributed by atoms with Crippen molar-refractivity contribution in [3.05, 3.63) is 10.8 Å². The van der Waals surface area contributed by atoms with E-state index >= 15 is 0 Å². The minimum absolute atomic E-state index is 0.150. The number of aliphatic hydroxyl groups is 1. The number of nitrogen functional groups attached to an aromatic ring is 2. The maximum Gasteiger partial charge on any atom is 0.328 e. The number of amides is 1. The van der Waals surface area contributed by atoms with Crippen molar-refractivity contribution in [2.45, 2.75) is 6.04 Å². The summed E-state index contributed by atoms with van der Waals surface area (Å²) in [4.78, 5) is 29.4. The molecule has 0 saturated carbocycles. The summed E-state index contributed by atoms with van der Waals surface area (Å²) in [6.45, 7) is -0.781. The normalized spacial score (nSPS) is 11.9. The van der Waals surface area contributed by atoms with E-state index in [-0.39, 0.29) is 22.5 Å². The van der Waals surface area contributed by atoms with Crippen molar-refractivity contribution in [1.29, 1.82) is 0 Å². The SMILES string of the molecule is Nc1nc(N)c(C(=O)N[C@@H](CO)C(=O)O)nc1Cl. The number of aromatic nitrogens is 2. The number of anilines is 2.